The maximum atomic E-state index is 12.5. The molecule has 0 saturated carbocycles. The van der Waals surface area contributed by atoms with Crippen molar-refractivity contribution in [3.8, 4) is 11.3 Å². The minimum Gasteiger partial charge on any atom is -0.328 e. The van der Waals surface area contributed by atoms with Crippen molar-refractivity contribution in [3.05, 3.63) is 71.7 Å². The van der Waals surface area contributed by atoms with Gasteiger partial charge in [-0.25, -0.2) is 4.98 Å². The number of carbonyl (C=O) groups excluding carboxylic acids is 3. The summed E-state index contributed by atoms with van der Waals surface area (Å²) in [6.45, 7) is 0.625. The quantitative estimate of drug-likeness (QED) is 0.699. The summed E-state index contributed by atoms with van der Waals surface area (Å²) in [6, 6.07) is 14.1. The normalized spacial score (nSPS) is 14.8. The van der Waals surface area contributed by atoms with E-state index in [2.05, 4.69) is 14.9 Å². The number of imidazole rings is 1. The number of nitrogens with one attached hydrogen (secondary N) is 1. The predicted molar refractivity (Wildman–Crippen MR) is 106 cm³/mol. The minimum absolute atomic E-state index is 0.321. The zero-order valence-corrected chi connectivity index (χ0v) is 15.6. The fourth-order valence-electron chi connectivity index (χ4n) is 3.97. The Morgan fingerprint density at radius 1 is 1.03 bits per heavy atom. The summed E-state index contributed by atoms with van der Waals surface area (Å²) in [4.78, 5) is 42.8. The first kappa shape index (κ1) is 17.4. The average Bonchev–Trinajstić information content (AvgIpc) is 3.40. The summed E-state index contributed by atoms with van der Waals surface area (Å²) >= 11 is 0. The van der Waals surface area contributed by atoms with E-state index in [-0.39, 0.29) is 6.54 Å². The van der Waals surface area contributed by atoms with Gasteiger partial charge in [-0.05, 0) is 30.7 Å². The smallest absolute Gasteiger partial charge is 0.262 e. The molecule has 0 atom stereocenters. The standard InChI is InChI=1S/C22H18N4O3/c27-20(13-26-21(28)16-7-1-2-8-17(16)22(26)29)24-15-6-3-5-14(11-15)18-12-23-19-9-4-10-25(18)19/h1-3,5-8,11-12H,4,9-10,13H2,(H,24,27). The summed E-state index contributed by atoms with van der Waals surface area (Å²) < 4.78 is 2.19. The van der Waals surface area contributed by atoms with Gasteiger partial charge >= 0.3 is 0 Å². The number of carbonyl (C=O) groups is 3. The third kappa shape index (κ3) is 2.91. The van der Waals surface area contributed by atoms with Crippen LogP contribution in [0.5, 0.6) is 0 Å². The van der Waals surface area contributed by atoms with Gasteiger partial charge in [0.2, 0.25) is 5.91 Å². The van der Waals surface area contributed by atoms with Gasteiger partial charge in [0, 0.05) is 24.2 Å². The number of hydrogen-bond donors (Lipinski definition) is 1. The fraction of sp³-hybridized carbons (Fsp3) is 0.182. The number of amides is 3. The topological polar surface area (TPSA) is 84.3 Å². The molecule has 0 radical (unpaired) electrons. The maximum absolute atomic E-state index is 12.5. The highest BCUT2D eigenvalue weighted by Gasteiger charge is 2.36. The zero-order chi connectivity index (χ0) is 20.0. The lowest BCUT2D eigenvalue weighted by molar-refractivity contribution is -0.116. The van der Waals surface area contributed by atoms with Crippen molar-refractivity contribution in [2.75, 3.05) is 11.9 Å². The van der Waals surface area contributed by atoms with E-state index in [1.807, 2.05) is 24.4 Å². The van der Waals surface area contributed by atoms with Gasteiger partial charge in [-0.2, -0.15) is 0 Å². The van der Waals surface area contributed by atoms with E-state index in [0.717, 1.165) is 41.4 Å². The first-order valence-corrected chi connectivity index (χ1v) is 9.52. The molecule has 2 aromatic carbocycles. The van der Waals surface area contributed by atoms with Crippen LogP contribution in [0.4, 0.5) is 5.69 Å². The number of hydrogen-bond acceptors (Lipinski definition) is 4. The van der Waals surface area contributed by atoms with Gasteiger partial charge in [-0.1, -0.05) is 24.3 Å². The van der Waals surface area contributed by atoms with Crippen LogP contribution < -0.4 is 5.32 Å². The van der Waals surface area contributed by atoms with Crippen LogP contribution in [0.15, 0.2) is 54.7 Å². The average molecular weight is 386 g/mol. The predicted octanol–water partition coefficient (Wildman–Crippen LogP) is 2.73. The molecule has 3 heterocycles. The van der Waals surface area contributed by atoms with Gasteiger partial charge in [0.25, 0.3) is 11.8 Å². The Balaban J connectivity index is 1.32. The van der Waals surface area contributed by atoms with Crippen molar-refractivity contribution in [1.82, 2.24) is 14.5 Å². The van der Waals surface area contributed by atoms with Crippen LogP contribution in [0.3, 0.4) is 0 Å². The van der Waals surface area contributed by atoms with Crippen LogP contribution in [-0.4, -0.2) is 38.7 Å². The Kier molecular flexibility index (Phi) is 4.01. The molecule has 0 fully saturated rings. The molecule has 1 aromatic heterocycles. The third-order valence-corrected chi connectivity index (χ3v) is 5.34. The molecule has 3 aromatic rings. The molecule has 0 saturated heterocycles. The third-order valence-electron chi connectivity index (χ3n) is 5.34. The number of aromatic nitrogens is 2. The summed E-state index contributed by atoms with van der Waals surface area (Å²) in [5.74, 6) is -0.219. The van der Waals surface area contributed by atoms with E-state index >= 15 is 0 Å². The molecular weight excluding hydrogens is 368 g/mol. The van der Waals surface area contributed by atoms with E-state index in [1.54, 1.807) is 30.3 Å². The summed E-state index contributed by atoms with van der Waals surface area (Å²) in [7, 11) is 0. The molecular formula is C22H18N4O3. The molecule has 0 aliphatic carbocycles. The van der Waals surface area contributed by atoms with Crippen LogP contribution in [0.2, 0.25) is 0 Å². The van der Waals surface area contributed by atoms with Crippen LogP contribution >= 0.6 is 0 Å². The lowest BCUT2D eigenvalue weighted by Gasteiger charge is -2.14. The number of fused-ring (bicyclic) bond motifs is 2. The highest BCUT2D eigenvalue weighted by Crippen LogP contribution is 2.27. The molecule has 2 aliphatic heterocycles. The van der Waals surface area contributed by atoms with Crippen molar-refractivity contribution in [3.63, 3.8) is 0 Å². The van der Waals surface area contributed by atoms with E-state index in [9.17, 15) is 14.4 Å². The van der Waals surface area contributed by atoms with Gasteiger partial charge < -0.3 is 9.88 Å². The van der Waals surface area contributed by atoms with E-state index < -0.39 is 17.7 Å². The van der Waals surface area contributed by atoms with Gasteiger partial charge in [-0.3, -0.25) is 19.3 Å². The van der Waals surface area contributed by atoms with E-state index in [4.69, 9.17) is 0 Å². The van der Waals surface area contributed by atoms with Gasteiger partial charge in [0.1, 0.15) is 12.4 Å². The number of imide groups is 1. The largest absolute Gasteiger partial charge is 0.328 e. The van der Waals surface area contributed by atoms with E-state index in [1.165, 1.54) is 0 Å². The molecule has 1 N–H and O–H groups in total. The molecule has 7 nitrogen and oxygen atoms in total. The molecule has 2 aliphatic rings. The first-order valence-electron chi connectivity index (χ1n) is 9.52. The second-order valence-electron chi connectivity index (χ2n) is 7.19. The number of nitrogens with zero attached hydrogens (tertiary/aromatic N) is 3. The molecule has 0 unspecified atom stereocenters. The Bertz CT molecular complexity index is 1130. The summed E-state index contributed by atoms with van der Waals surface area (Å²) in [6.07, 6.45) is 3.93. The van der Waals surface area contributed by atoms with Crippen LogP contribution in [0, 0.1) is 0 Å². The Morgan fingerprint density at radius 3 is 2.55 bits per heavy atom. The van der Waals surface area contributed by atoms with Crippen molar-refractivity contribution in [2.45, 2.75) is 19.4 Å². The van der Waals surface area contributed by atoms with Crippen molar-refractivity contribution in [1.29, 1.82) is 0 Å². The fourth-order valence-corrected chi connectivity index (χ4v) is 3.97. The number of aryl methyl sites for hydroxylation is 1. The van der Waals surface area contributed by atoms with Gasteiger partial charge in [0.05, 0.1) is 23.0 Å². The Morgan fingerprint density at radius 2 is 1.79 bits per heavy atom. The number of anilines is 1. The number of benzene rings is 2. The number of rotatable bonds is 4. The SMILES string of the molecule is O=C(CN1C(=O)c2ccccc2C1=O)Nc1cccc(-c2cnc3n2CCC3)c1. The zero-order valence-electron chi connectivity index (χ0n) is 15.6. The first-order chi connectivity index (χ1) is 14.1. The minimum atomic E-state index is -0.440. The highest BCUT2D eigenvalue weighted by atomic mass is 16.2. The van der Waals surface area contributed by atoms with Crippen LogP contribution in [0.25, 0.3) is 11.3 Å². The lowest BCUT2D eigenvalue weighted by Crippen LogP contribution is -2.37. The molecule has 144 valence electrons. The van der Waals surface area contributed by atoms with Crippen LogP contribution in [-0.2, 0) is 17.8 Å². The lowest BCUT2D eigenvalue weighted by atomic mass is 10.1. The molecule has 0 bridgehead atoms. The maximum Gasteiger partial charge on any atom is 0.262 e. The Labute approximate surface area is 167 Å². The van der Waals surface area contributed by atoms with Crippen molar-refractivity contribution in [2.24, 2.45) is 0 Å². The highest BCUT2D eigenvalue weighted by molar-refractivity contribution is 6.22. The Hall–Kier alpha value is -3.74. The van der Waals surface area contributed by atoms with Gasteiger partial charge in [0.15, 0.2) is 0 Å². The van der Waals surface area contributed by atoms with Crippen molar-refractivity contribution < 1.29 is 14.4 Å². The molecule has 5 rings (SSSR count). The molecule has 0 spiro atoms. The van der Waals surface area contributed by atoms with Crippen molar-refractivity contribution >= 4 is 23.4 Å². The molecule has 3 amide bonds. The van der Waals surface area contributed by atoms with E-state index in [0.29, 0.717) is 16.8 Å². The second kappa shape index (κ2) is 6.70. The summed E-state index contributed by atoms with van der Waals surface area (Å²) in [5, 5.41) is 2.79. The second-order valence-corrected chi connectivity index (χ2v) is 7.19. The molecule has 29 heavy (non-hydrogen) atoms. The van der Waals surface area contributed by atoms with Crippen LogP contribution in [0.1, 0.15) is 33.0 Å². The molecule has 7 heteroatoms. The van der Waals surface area contributed by atoms with Gasteiger partial charge in [-0.15, -0.1) is 0 Å². The monoisotopic (exact) mass is 386 g/mol. The summed E-state index contributed by atoms with van der Waals surface area (Å²) in [5.41, 5.74) is 3.26.